The highest BCUT2D eigenvalue weighted by Crippen LogP contribution is 2.13. The number of benzene rings is 1. The van der Waals surface area contributed by atoms with E-state index in [4.69, 9.17) is 9.84 Å². The topological polar surface area (TPSA) is 75.6 Å². The monoisotopic (exact) mass is 251 g/mol. The van der Waals surface area contributed by atoms with Crippen molar-refractivity contribution >= 4 is 11.8 Å². The van der Waals surface area contributed by atoms with E-state index in [1.54, 1.807) is 38.3 Å². The molecule has 0 bridgehead atoms. The summed E-state index contributed by atoms with van der Waals surface area (Å²) in [5.74, 6) is -0.558. The van der Waals surface area contributed by atoms with E-state index in [-0.39, 0.29) is 12.2 Å². The fourth-order valence-electron chi connectivity index (χ4n) is 1.57. The summed E-state index contributed by atoms with van der Waals surface area (Å²) in [6.45, 7) is 2.31. The summed E-state index contributed by atoms with van der Waals surface area (Å²) in [6.07, 6.45) is -0.0600. The van der Waals surface area contributed by atoms with Crippen LogP contribution in [0, 0.1) is 0 Å². The van der Waals surface area contributed by atoms with Crippen LogP contribution in [0.25, 0.3) is 0 Å². The Labute approximate surface area is 106 Å². The van der Waals surface area contributed by atoms with Gasteiger partial charge < -0.3 is 15.2 Å². The Morgan fingerprint density at radius 1 is 1.33 bits per heavy atom. The van der Waals surface area contributed by atoms with Crippen LogP contribution in [-0.2, 0) is 4.79 Å². The maximum atomic E-state index is 11.9. The SMILES string of the molecule is CCNC(CC(=O)c1ccc(OC)cc1)C(=O)O. The molecule has 0 saturated carbocycles. The van der Waals surface area contributed by atoms with Crippen molar-refractivity contribution in [2.24, 2.45) is 0 Å². The van der Waals surface area contributed by atoms with Gasteiger partial charge in [-0.2, -0.15) is 0 Å². The summed E-state index contributed by atoms with van der Waals surface area (Å²) < 4.78 is 4.99. The summed E-state index contributed by atoms with van der Waals surface area (Å²) >= 11 is 0. The molecule has 18 heavy (non-hydrogen) atoms. The third kappa shape index (κ3) is 3.85. The fourth-order valence-corrected chi connectivity index (χ4v) is 1.57. The van der Waals surface area contributed by atoms with E-state index in [0.717, 1.165) is 0 Å². The molecule has 5 heteroatoms. The van der Waals surface area contributed by atoms with Crippen LogP contribution < -0.4 is 10.1 Å². The molecule has 0 aliphatic rings. The fraction of sp³-hybridized carbons (Fsp3) is 0.385. The Hall–Kier alpha value is -1.88. The van der Waals surface area contributed by atoms with Gasteiger partial charge in [-0.3, -0.25) is 9.59 Å². The van der Waals surface area contributed by atoms with E-state index in [9.17, 15) is 9.59 Å². The molecule has 1 aromatic rings. The standard InChI is InChI=1S/C13H17NO4/c1-3-14-11(13(16)17)8-12(15)9-4-6-10(18-2)7-5-9/h4-7,11,14H,3,8H2,1-2H3,(H,16,17). The maximum Gasteiger partial charge on any atom is 0.321 e. The molecule has 0 spiro atoms. The Balaban J connectivity index is 2.70. The third-order valence-corrected chi connectivity index (χ3v) is 2.55. The van der Waals surface area contributed by atoms with Crippen LogP contribution in [0.5, 0.6) is 5.75 Å². The number of likely N-dealkylation sites (N-methyl/N-ethyl adjacent to an activating group) is 1. The molecule has 1 rings (SSSR count). The van der Waals surface area contributed by atoms with Gasteiger partial charge in [0.05, 0.1) is 7.11 Å². The van der Waals surface area contributed by atoms with Gasteiger partial charge in [-0.15, -0.1) is 0 Å². The molecule has 1 aromatic carbocycles. The first-order valence-electron chi connectivity index (χ1n) is 5.72. The Kier molecular flexibility index (Phi) is 5.32. The number of hydrogen-bond acceptors (Lipinski definition) is 4. The molecule has 0 saturated heterocycles. The lowest BCUT2D eigenvalue weighted by Crippen LogP contribution is -2.38. The largest absolute Gasteiger partial charge is 0.497 e. The minimum absolute atomic E-state index is 0.0600. The highest BCUT2D eigenvalue weighted by Gasteiger charge is 2.20. The van der Waals surface area contributed by atoms with E-state index in [2.05, 4.69) is 5.32 Å². The number of carboxylic acid groups (broad SMARTS) is 1. The zero-order valence-corrected chi connectivity index (χ0v) is 10.5. The molecule has 2 N–H and O–H groups in total. The molecule has 5 nitrogen and oxygen atoms in total. The zero-order valence-electron chi connectivity index (χ0n) is 10.5. The number of ether oxygens (including phenoxy) is 1. The van der Waals surface area contributed by atoms with Gasteiger partial charge in [0.1, 0.15) is 11.8 Å². The molecule has 0 aromatic heterocycles. The smallest absolute Gasteiger partial charge is 0.321 e. The number of aliphatic carboxylic acids is 1. The van der Waals surface area contributed by atoms with Crippen molar-refractivity contribution in [3.8, 4) is 5.75 Å². The molecule has 0 radical (unpaired) electrons. The number of carbonyl (C=O) groups is 2. The lowest BCUT2D eigenvalue weighted by atomic mass is 10.0. The van der Waals surface area contributed by atoms with E-state index in [0.29, 0.717) is 17.9 Å². The first-order chi connectivity index (χ1) is 8.58. The van der Waals surface area contributed by atoms with Crippen LogP contribution in [0.3, 0.4) is 0 Å². The molecule has 0 fully saturated rings. The Morgan fingerprint density at radius 2 is 1.94 bits per heavy atom. The number of ketones is 1. The van der Waals surface area contributed by atoms with Crippen molar-refractivity contribution in [3.05, 3.63) is 29.8 Å². The molecular formula is C13H17NO4. The first kappa shape index (κ1) is 14.2. The molecule has 98 valence electrons. The number of Topliss-reactive ketones (excluding diaryl/α,β-unsaturated/α-hetero) is 1. The van der Waals surface area contributed by atoms with Gasteiger partial charge in [-0.1, -0.05) is 6.92 Å². The second-order valence-corrected chi connectivity index (χ2v) is 3.80. The van der Waals surface area contributed by atoms with Gasteiger partial charge in [0, 0.05) is 12.0 Å². The minimum Gasteiger partial charge on any atom is -0.497 e. The van der Waals surface area contributed by atoms with Crippen molar-refractivity contribution in [2.45, 2.75) is 19.4 Å². The number of carbonyl (C=O) groups excluding carboxylic acids is 1. The predicted octanol–water partition coefficient (Wildman–Crippen LogP) is 1.33. The summed E-state index contributed by atoms with van der Waals surface area (Å²) in [5.41, 5.74) is 0.486. The van der Waals surface area contributed by atoms with E-state index in [1.807, 2.05) is 0 Å². The number of rotatable bonds is 7. The van der Waals surface area contributed by atoms with E-state index < -0.39 is 12.0 Å². The molecule has 0 heterocycles. The minimum atomic E-state index is -1.02. The lowest BCUT2D eigenvalue weighted by molar-refractivity contribution is -0.139. The molecular weight excluding hydrogens is 234 g/mol. The summed E-state index contributed by atoms with van der Waals surface area (Å²) in [6, 6.07) is 5.77. The highest BCUT2D eigenvalue weighted by atomic mass is 16.5. The van der Waals surface area contributed by atoms with Crippen LogP contribution in [0.2, 0.25) is 0 Å². The molecule has 0 aliphatic heterocycles. The second kappa shape index (κ2) is 6.76. The zero-order chi connectivity index (χ0) is 13.5. The highest BCUT2D eigenvalue weighted by molar-refractivity contribution is 5.98. The molecule has 0 aliphatic carbocycles. The van der Waals surface area contributed by atoms with Crippen LogP contribution >= 0.6 is 0 Å². The molecule has 1 atom stereocenters. The van der Waals surface area contributed by atoms with Crippen molar-refractivity contribution < 1.29 is 19.4 Å². The Bertz CT molecular complexity index is 414. The summed E-state index contributed by atoms with van der Waals surface area (Å²) in [7, 11) is 1.54. The predicted molar refractivity (Wildman–Crippen MR) is 67.0 cm³/mol. The van der Waals surface area contributed by atoms with Gasteiger partial charge in [0.2, 0.25) is 0 Å². The average molecular weight is 251 g/mol. The number of nitrogens with one attached hydrogen (secondary N) is 1. The normalized spacial score (nSPS) is 11.9. The average Bonchev–Trinajstić information content (AvgIpc) is 2.38. The van der Waals surface area contributed by atoms with Gasteiger partial charge in [0.25, 0.3) is 0 Å². The second-order valence-electron chi connectivity index (χ2n) is 3.80. The van der Waals surface area contributed by atoms with Gasteiger partial charge in [-0.05, 0) is 30.8 Å². The van der Waals surface area contributed by atoms with Crippen molar-refractivity contribution in [2.75, 3.05) is 13.7 Å². The third-order valence-electron chi connectivity index (χ3n) is 2.55. The number of hydrogen-bond donors (Lipinski definition) is 2. The van der Waals surface area contributed by atoms with Gasteiger partial charge in [0.15, 0.2) is 5.78 Å². The van der Waals surface area contributed by atoms with Crippen LogP contribution in [0.1, 0.15) is 23.7 Å². The lowest BCUT2D eigenvalue weighted by Gasteiger charge is -2.12. The number of carboxylic acids is 1. The Morgan fingerprint density at radius 3 is 2.39 bits per heavy atom. The van der Waals surface area contributed by atoms with Crippen molar-refractivity contribution in [1.29, 1.82) is 0 Å². The van der Waals surface area contributed by atoms with Crippen LogP contribution in [0.4, 0.5) is 0 Å². The van der Waals surface area contributed by atoms with Crippen LogP contribution in [-0.4, -0.2) is 36.6 Å². The van der Waals surface area contributed by atoms with Gasteiger partial charge >= 0.3 is 5.97 Å². The molecule has 0 amide bonds. The summed E-state index contributed by atoms with van der Waals surface area (Å²) in [4.78, 5) is 22.8. The van der Waals surface area contributed by atoms with E-state index >= 15 is 0 Å². The first-order valence-corrected chi connectivity index (χ1v) is 5.72. The van der Waals surface area contributed by atoms with E-state index in [1.165, 1.54) is 0 Å². The molecule has 1 unspecified atom stereocenters. The van der Waals surface area contributed by atoms with Crippen molar-refractivity contribution in [3.63, 3.8) is 0 Å². The number of methoxy groups -OCH3 is 1. The quantitative estimate of drug-likeness (QED) is 0.715. The summed E-state index contributed by atoms with van der Waals surface area (Å²) in [5, 5.41) is 11.7. The van der Waals surface area contributed by atoms with Gasteiger partial charge in [-0.25, -0.2) is 0 Å². The van der Waals surface area contributed by atoms with Crippen molar-refractivity contribution in [1.82, 2.24) is 5.32 Å². The maximum absolute atomic E-state index is 11.9. The van der Waals surface area contributed by atoms with Crippen LogP contribution in [0.15, 0.2) is 24.3 Å².